The molecule has 1 unspecified atom stereocenters. The number of nitrogens with zero attached hydrogens (tertiary/aromatic N) is 1. The second-order valence-corrected chi connectivity index (χ2v) is 6.57. The molecule has 6 heteroatoms. The van der Waals surface area contributed by atoms with Gasteiger partial charge in [-0.25, -0.2) is 14.0 Å². The van der Waals surface area contributed by atoms with Gasteiger partial charge in [-0.2, -0.15) is 0 Å². The summed E-state index contributed by atoms with van der Waals surface area (Å²) in [6.07, 6.45) is -2.01. The number of carbonyl (C=O) groups excluding carboxylic acids is 2. The first kappa shape index (κ1) is 17.2. The van der Waals surface area contributed by atoms with Gasteiger partial charge in [-0.3, -0.25) is 4.90 Å². The Hall–Kier alpha value is -2.11. The van der Waals surface area contributed by atoms with E-state index in [9.17, 15) is 14.0 Å². The van der Waals surface area contributed by atoms with Crippen LogP contribution in [-0.2, 0) is 20.9 Å². The highest BCUT2D eigenvalue weighted by Gasteiger charge is 2.42. The minimum absolute atomic E-state index is 0.0626. The number of esters is 1. The third-order valence-corrected chi connectivity index (χ3v) is 3.37. The summed E-state index contributed by atoms with van der Waals surface area (Å²) in [4.78, 5) is 25.4. The molecule has 0 bridgehead atoms. The molecule has 1 aliphatic rings. The monoisotopic (exact) mass is 323 g/mol. The third kappa shape index (κ3) is 4.94. The summed E-state index contributed by atoms with van der Waals surface area (Å²) in [5, 5.41) is 0. The molecule has 0 saturated carbocycles. The molecular weight excluding hydrogens is 301 g/mol. The van der Waals surface area contributed by atoms with Crippen LogP contribution in [0.1, 0.15) is 32.8 Å². The maximum absolute atomic E-state index is 13.7. The molecular formula is C17H22FNO4. The van der Waals surface area contributed by atoms with Crippen molar-refractivity contribution in [3.05, 3.63) is 35.9 Å². The molecule has 5 nitrogen and oxygen atoms in total. The van der Waals surface area contributed by atoms with Gasteiger partial charge in [0, 0.05) is 6.42 Å². The van der Waals surface area contributed by atoms with Gasteiger partial charge in [0.2, 0.25) is 0 Å². The van der Waals surface area contributed by atoms with Crippen molar-refractivity contribution in [2.45, 2.75) is 51.6 Å². The fourth-order valence-electron chi connectivity index (χ4n) is 2.36. The van der Waals surface area contributed by atoms with Crippen LogP contribution in [0.2, 0.25) is 0 Å². The minimum Gasteiger partial charge on any atom is -0.459 e. The summed E-state index contributed by atoms with van der Waals surface area (Å²) in [5.74, 6) is -0.611. The van der Waals surface area contributed by atoms with E-state index in [-0.39, 0.29) is 19.6 Å². The second kappa shape index (κ2) is 6.98. The number of hydrogen-bond donors (Lipinski definition) is 0. The lowest BCUT2D eigenvalue weighted by Crippen LogP contribution is -2.44. The standard InChI is InChI=1S/C17H22FNO4/c1-17(2,3)23-16(21)19-10-13(18)9-14(19)15(20)22-11-12-7-5-4-6-8-12/h4-8,13-14H,9-11H2,1-3H3/t13-,14?/m0/s1. The zero-order chi connectivity index (χ0) is 17.0. The number of rotatable bonds is 3. The molecule has 1 fully saturated rings. The molecule has 1 aliphatic heterocycles. The number of halogens is 1. The first-order chi connectivity index (χ1) is 10.8. The maximum atomic E-state index is 13.7. The summed E-state index contributed by atoms with van der Waals surface area (Å²) in [5.41, 5.74) is 0.128. The van der Waals surface area contributed by atoms with E-state index in [0.717, 1.165) is 10.5 Å². The number of amides is 1. The fourth-order valence-corrected chi connectivity index (χ4v) is 2.36. The summed E-state index contributed by atoms with van der Waals surface area (Å²) < 4.78 is 24.1. The molecule has 0 aliphatic carbocycles. The first-order valence-corrected chi connectivity index (χ1v) is 7.60. The summed E-state index contributed by atoms with van der Waals surface area (Å²) >= 11 is 0. The average molecular weight is 323 g/mol. The fraction of sp³-hybridized carbons (Fsp3) is 0.529. The molecule has 2 rings (SSSR count). The molecule has 1 aromatic carbocycles. The Morgan fingerprint density at radius 1 is 1.26 bits per heavy atom. The zero-order valence-electron chi connectivity index (χ0n) is 13.6. The van der Waals surface area contributed by atoms with E-state index in [1.54, 1.807) is 20.8 Å². The smallest absolute Gasteiger partial charge is 0.411 e. The van der Waals surface area contributed by atoms with E-state index < -0.39 is 29.9 Å². The SMILES string of the molecule is CC(C)(C)OC(=O)N1C[C@@H](F)CC1C(=O)OCc1ccccc1. The highest BCUT2D eigenvalue weighted by molar-refractivity contribution is 5.82. The average Bonchev–Trinajstić information content (AvgIpc) is 2.86. The molecule has 2 atom stereocenters. The molecule has 0 spiro atoms. The van der Waals surface area contributed by atoms with E-state index in [1.165, 1.54) is 0 Å². The van der Waals surface area contributed by atoms with Crippen molar-refractivity contribution < 1.29 is 23.5 Å². The van der Waals surface area contributed by atoms with Gasteiger partial charge in [-0.15, -0.1) is 0 Å². The van der Waals surface area contributed by atoms with Gasteiger partial charge in [-0.1, -0.05) is 30.3 Å². The van der Waals surface area contributed by atoms with E-state index in [1.807, 2.05) is 30.3 Å². The van der Waals surface area contributed by atoms with Crippen molar-refractivity contribution in [2.75, 3.05) is 6.54 Å². The Labute approximate surface area is 135 Å². The van der Waals surface area contributed by atoms with Crippen molar-refractivity contribution in [1.29, 1.82) is 0 Å². The molecule has 1 aromatic rings. The molecule has 0 aromatic heterocycles. The topological polar surface area (TPSA) is 55.8 Å². The van der Waals surface area contributed by atoms with Crippen LogP contribution in [0.3, 0.4) is 0 Å². The van der Waals surface area contributed by atoms with Crippen molar-refractivity contribution in [1.82, 2.24) is 4.90 Å². The van der Waals surface area contributed by atoms with Crippen LogP contribution in [0.5, 0.6) is 0 Å². The van der Waals surface area contributed by atoms with Gasteiger partial charge in [0.15, 0.2) is 0 Å². The largest absolute Gasteiger partial charge is 0.459 e. The number of alkyl halides is 1. The van der Waals surface area contributed by atoms with Crippen LogP contribution < -0.4 is 0 Å². The lowest BCUT2D eigenvalue weighted by Gasteiger charge is -2.27. The number of hydrogen-bond acceptors (Lipinski definition) is 4. The Bertz CT molecular complexity index is 555. The molecule has 1 heterocycles. The predicted octanol–water partition coefficient (Wildman–Crippen LogP) is 3.08. The molecule has 1 saturated heterocycles. The van der Waals surface area contributed by atoms with Crippen LogP contribution in [0.4, 0.5) is 9.18 Å². The lowest BCUT2D eigenvalue weighted by atomic mass is 10.2. The predicted molar refractivity (Wildman–Crippen MR) is 82.5 cm³/mol. The first-order valence-electron chi connectivity index (χ1n) is 7.60. The van der Waals surface area contributed by atoms with Gasteiger partial charge in [0.25, 0.3) is 0 Å². The quantitative estimate of drug-likeness (QED) is 0.802. The van der Waals surface area contributed by atoms with Crippen molar-refractivity contribution in [3.8, 4) is 0 Å². The summed E-state index contributed by atoms with van der Waals surface area (Å²) in [7, 11) is 0. The van der Waals surface area contributed by atoms with Crippen LogP contribution in [0.25, 0.3) is 0 Å². The summed E-state index contributed by atoms with van der Waals surface area (Å²) in [6.45, 7) is 5.10. The molecule has 23 heavy (non-hydrogen) atoms. The molecule has 0 radical (unpaired) electrons. The Morgan fingerprint density at radius 3 is 2.52 bits per heavy atom. The molecule has 0 N–H and O–H groups in total. The van der Waals surface area contributed by atoms with Gasteiger partial charge in [0.1, 0.15) is 24.4 Å². The minimum atomic E-state index is -1.25. The lowest BCUT2D eigenvalue weighted by molar-refractivity contribution is -0.150. The maximum Gasteiger partial charge on any atom is 0.411 e. The Balaban J connectivity index is 1.98. The van der Waals surface area contributed by atoms with E-state index in [0.29, 0.717) is 0 Å². The Kier molecular flexibility index (Phi) is 5.23. The van der Waals surface area contributed by atoms with Crippen LogP contribution >= 0.6 is 0 Å². The second-order valence-electron chi connectivity index (χ2n) is 6.57. The van der Waals surface area contributed by atoms with Crippen molar-refractivity contribution >= 4 is 12.1 Å². The number of carbonyl (C=O) groups is 2. The van der Waals surface area contributed by atoms with E-state index in [2.05, 4.69) is 0 Å². The van der Waals surface area contributed by atoms with Gasteiger partial charge >= 0.3 is 12.1 Å². The number of likely N-dealkylation sites (tertiary alicyclic amines) is 1. The van der Waals surface area contributed by atoms with Crippen molar-refractivity contribution in [2.24, 2.45) is 0 Å². The normalized spacial score (nSPS) is 21.1. The Morgan fingerprint density at radius 2 is 1.91 bits per heavy atom. The highest BCUT2D eigenvalue weighted by atomic mass is 19.1. The summed E-state index contributed by atoms with van der Waals surface area (Å²) in [6, 6.07) is 8.24. The van der Waals surface area contributed by atoms with E-state index in [4.69, 9.17) is 9.47 Å². The van der Waals surface area contributed by atoms with Gasteiger partial charge < -0.3 is 9.47 Å². The van der Waals surface area contributed by atoms with E-state index >= 15 is 0 Å². The van der Waals surface area contributed by atoms with Crippen LogP contribution in [0.15, 0.2) is 30.3 Å². The number of benzene rings is 1. The highest BCUT2D eigenvalue weighted by Crippen LogP contribution is 2.24. The third-order valence-electron chi connectivity index (χ3n) is 3.37. The number of ether oxygens (including phenoxy) is 2. The zero-order valence-corrected chi connectivity index (χ0v) is 13.6. The van der Waals surface area contributed by atoms with Crippen LogP contribution in [-0.4, -0.2) is 41.3 Å². The van der Waals surface area contributed by atoms with Crippen LogP contribution in [0, 0.1) is 0 Å². The molecule has 1 amide bonds. The van der Waals surface area contributed by atoms with Gasteiger partial charge in [0.05, 0.1) is 6.54 Å². The van der Waals surface area contributed by atoms with Gasteiger partial charge in [-0.05, 0) is 26.3 Å². The molecule has 126 valence electrons. The van der Waals surface area contributed by atoms with Crippen molar-refractivity contribution in [3.63, 3.8) is 0 Å².